The van der Waals surface area contributed by atoms with Crippen molar-refractivity contribution in [3.05, 3.63) is 69.5 Å². The number of carbonyl (C=O) groups excluding carboxylic acids is 1. The maximum Gasteiger partial charge on any atom is 0.408 e. The van der Waals surface area contributed by atoms with E-state index < -0.39 is 29.1 Å². The molecule has 31 heavy (non-hydrogen) atoms. The molecule has 2 aromatic carbocycles. The van der Waals surface area contributed by atoms with Gasteiger partial charge < -0.3 is 10.1 Å². The van der Waals surface area contributed by atoms with Crippen LogP contribution in [0.25, 0.3) is 16.6 Å². The van der Waals surface area contributed by atoms with Crippen molar-refractivity contribution in [2.45, 2.75) is 46.3 Å². The van der Waals surface area contributed by atoms with E-state index in [0.29, 0.717) is 16.8 Å². The summed E-state index contributed by atoms with van der Waals surface area (Å²) in [4.78, 5) is 30.2. The zero-order valence-electron chi connectivity index (χ0n) is 18.0. The quantitative estimate of drug-likeness (QED) is 0.679. The molecule has 160 valence electrons. The monoisotopic (exact) mass is 422 g/mol. The molecule has 1 unspecified atom stereocenters. The topological polar surface area (TPSA) is 97.0 Å². The smallest absolute Gasteiger partial charge is 0.408 e. The van der Waals surface area contributed by atoms with Crippen LogP contribution < -0.4 is 10.9 Å². The van der Waals surface area contributed by atoms with Crippen molar-refractivity contribution in [1.29, 1.82) is 5.26 Å². The van der Waals surface area contributed by atoms with Crippen molar-refractivity contribution in [2.75, 3.05) is 0 Å². The summed E-state index contributed by atoms with van der Waals surface area (Å²) in [6.07, 6.45) is -0.698. The van der Waals surface area contributed by atoms with Gasteiger partial charge in [-0.15, -0.1) is 0 Å². The van der Waals surface area contributed by atoms with Crippen molar-refractivity contribution in [2.24, 2.45) is 0 Å². The lowest BCUT2D eigenvalue weighted by atomic mass is 10.1. The van der Waals surface area contributed by atoms with Crippen LogP contribution in [0.5, 0.6) is 0 Å². The Balaban J connectivity index is 2.26. The molecule has 1 N–H and O–H groups in total. The number of halogens is 1. The van der Waals surface area contributed by atoms with Crippen LogP contribution in [0.2, 0.25) is 0 Å². The first-order chi connectivity index (χ1) is 14.5. The van der Waals surface area contributed by atoms with Crippen LogP contribution >= 0.6 is 0 Å². The van der Waals surface area contributed by atoms with Gasteiger partial charge in [-0.1, -0.05) is 12.1 Å². The predicted octanol–water partition coefficient (Wildman–Crippen LogP) is 4.29. The van der Waals surface area contributed by atoms with E-state index >= 15 is 0 Å². The lowest BCUT2D eigenvalue weighted by molar-refractivity contribution is 0.0505. The molecule has 0 aliphatic rings. The molecule has 1 atom stereocenters. The number of hydrogen-bond acceptors (Lipinski definition) is 5. The van der Waals surface area contributed by atoms with Gasteiger partial charge in [0.15, 0.2) is 0 Å². The number of nitrogens with one attached hydrogen (secondary N) is 1. The number of fused-ring (bicyclic) bond motifs is 1. The zero-order chi connectivity index (χ0) is 22.9. The Kier molecular flexibility index (Phi) is 5.80. The van der Waals surface area contributed by atoms with E-state index in [1.807, 2.05) is 6.07 Å². The SMILES string of the molecule is Cc1ccc(F)c2nc(C(C)NC(=O)OC(C)(C)C)n(-c3cccc(C#N)c3)c(=O)c12. The number of alkyl carbamates (subject to hydrolysis) is 1. The van der Waals surface area contributed by atoms with E-state index in [2.05, 4.69) is 10.3 Å². The number of hydrogen-bond donors (Lipinski definition) is 1. The Morgan fingerprint density at radius 2 is 2.00 bits per heavy atom. The first-order valence-corrected chi connectivity index (χ1v) is 9.73. The summed E-state index contributed by atoms with van der Waals surface area (Å²) in [5.74, 6) is -0.524. The number of nitrogens with zero attached hydrogens (tertiary/aromatic N) is 3. The van der Waals surface area contributed by atoms with Crippen LogP contribution in [-0.2, 0) is 4.74 Å². The van der Waals surface area contributed by atoms with Crippen molar-refractivity contribution >= 4 is 17.0 Å². The normalized spacial score (nSPS) is 12.3. The molecule has 3 rings (SSSR count). The van der Waals surface area contributed by atoms with Crippen LogP contribution in [-0.4, -0.2) is 21.2 Å². The van der Waals surface area contributed by atoms with E-state index in [9.17, 15) is 19.2 Å². The van der Waals surface area contributed by atoms with Crippen LogP contribution in [0.3, 0.4) is 0 Å². The lowest BCUT2D eigenvalue weighted by Crippen LogP contribution is -2.37. The number of benzene rings is 2. The molecule has 7 nitrogen and oxygen atoms in total. The standard InChI is InChI=1S/C23H23FN4O3/c1-13-9-10-17(24)19-18(13)21(29)28(16-8-6-7-15(11-16)12-25)20(27-19)14(2)26-22(30)31-23(3,4)5/h6-11,14H,1-5H3,(H,26,30). The molecule has 0 fully saturated rings. The predicted molar refractivity (Wildman–Crippen MR) is 115 cm³/mol. The number of carbonyl (C=O) groups is 1. The van der Waals surface area contributed by atoms with E-state index in [-0.39, 0.29) is 16.7 Å². The number of amides is 1. The molecule has 0 saturated carbocycles. The van der Waals surface area contributed by atoms with Gasteiger partial charge >= 0.3 is 6.09 Å². The first-order valence-electron chi connectivity index (χ1n) is 9.73. The van der Waals surface area contributed by atoms with Crippen LogP contribution in [0, 0.1) is 24.1 Å². The molecule has 0 aliphatic heterocycles. The molecule has 0 radical (unpaired) electrons. The van der Waals surface area contributed by atoms with Gasteiger partial charge in [0.2, 0.25) is 0 Å². The average molecular weight is 422 g/mol. The highest BCUT2D eigenvalue weighted by Crippen LogP contribution is 2.23. The summed E-state index contributed by atoms with van der Waals surface area (Å²) in [6, 6.07) is 10.4. The van der Waals surface area contributed by atoms with Gasteiger partial charge in [-0.3, -0.25) is 9.36 Å². The molecular weight excluding hydrogens is 399 g/mol. The molecule has 0 saturated heterocycles. The zero-order valence-corrected chi connectivity index (χ0v) is 18.0. The van der Waals surface area contributed by atoms with E-state index in [1.54, 1.807) is 52.8 Å². The van der Waals surface area contributed by atoms with Gasteiger partial charge in [-0.05, 0) is 64.4 Å². The summed E-state index contributed by atoms with van der Waals surface area (Å²) >= 11 is 0. The van der Waals surface area contributed by atoms with Crippen LogP contribution in [0.15, 0.2) is 41.2 Å². The highest BCUT2D eigenvalue weighted by atomic mass is 19.1. The van der Waals surface area contributed by atoms with Crippen molar-refractivity contribution in [1.82, 2.24) is 14.9 Å². The highest BCUT2D eigenvalue weighted by molar-refractivity contribution is 5.82. The van der Waals surface area contributed by atoms with Gasteiger partial charge in [0.05, 0.1) is 28.7 Å². The molecule has 0 spiro atoms. The van der Waals surface area contributed by atoms with Gasteiger partial charge in [0, 0.05) is 0 Å². The molecule has 0 aliphatic carbocycles. The Morgan fingerprint density at radius 1 is 1.29 bits per heavy atom. The van der Waals surface area contributed by atoms with Gasteiger partial charge in [0.1, 0.15) is 22.8 Å². The molecule has 1 aromatic heterocycles. The summed E-state index contributed by atoms with van der Waals surface area (Å²) in [5, 5.41) is 12.0. The fraction of sp³-hybridized carbons (Fsp3) is 0.304. The third kappa shape index (κ3) is 4.56. The molecular formula is C23H23FN4O3. The molecule has 3 aromatic rings. The second-order valence-corrected chi connectivity index (χ2v) is 8.23. The molecule has 1 heterocycles. The summed E-state index contributed by atoms with van der Waals surface area (Å²) in [7, 11) is 0. The number of nitriles is 1. The van der Waals surface area contributed by atoms with Crippen molar-refractivity contribution in [3.63, 3.8) is 0 Å². The molecule has 1 amide bonds. The third-order valence-electron chi connectivity index (χ3n) is 4.56. The number of ether oxygens (including phenoxy) is 1. The third-order valence-corrected chi connectivity index (χ3v) is 4.56. The first kappa shape index (κ1) is 22.0. The summed E-state index contributed by atoms with van der Waals surface area (Å²) < 4.78 is 21.1. The van der Waals surface area contributed by atoms with Gasteiger partial charge in [-0.25, -0.2) is 14.2 Å². The Hall–Kier alpha value is -3.73. The molecule has 8 heteroatoms. The number of aromatic nitrogens is 2. The minimum Gasteiger partial charge on any atom is -0.444 e. The molecule has 0 bridgehead atoms. The van der Waals surface area contributed by atoms with E-state index in [4.69, 9.17) is 4.74 Å². The Bertz CT molecular complexity index is 1270. The second kappa shape index (κ2) is 8.19. The number of aryl methyl sites for hydroxylation is 1. The van der Waals surface area contributed by atoms with Gasteiger partial charge in [0.25, 0.3) is 5.56 Å². The van der Waals surface area contributed by atoms with Gasteiger partial charge in [-0.2, -0.15) is 5.26 Å². The Morgan fingerprint density at radius 3 is 2.65 bits per heavy atom. The van der Waals surface area contributed by atoms with E-state index in [0.717, 1.165) is 0 Å². The average Bonchev–Trinajstić information content (AvgIpc) is 2.68. The maximum absolute atomic E-state index is 14.6. The largest absolute Gasteiger partial charge is 0.444 e. The summed E-state index contributed by atoms with van der Waals surface area (Å²) in [5.41, 5.74) is 0.00734. The minimum atomic E-state index is -0.794. The second-order valence-electron chi connectivity index (χ2n) is 8.23. The maximum atomic E-state index is 14.6. The number of rotatable bonds is 3. The lowest BCUT2D eigenvalue weighted by Gasteiger charge is -2.23. The Labute approximate surface area is 179 Å². The highest BCUT2D eigenvalue weighted by Gasteiger charge is 2.24. The summed E-state index contributed by atoms with van der Waals surface area (Å²) in [6.45, 7) is 8.51. The van der Waals surface area contributed by atoms with E-state index in [1.165, 1.54) is 22.8 Å². The minimum absolute atomic E-state index is 0.0782. The fourth-order valence-corrected chi connectivity index (χ4v) is 3.23. The van der Waals surface area contributed by atoms with Crippen molar-refractivity contribution < 1.29 is 13.9 Å². The van der Waals surface area contributed by atoms with Crippen LogP contribution in [0.1, 0.15) is 50.7 Å². The van der Waals surface area contributed by atoms with Crippen LogP contribution in [0.4, 0.5) is 9.18 Å². The van der Waals surface area contributed by atoms with Crippen molar-refractivity contribution in [3.8, 4) is 11.8 Å². The fourth-order valence-electron chi connectivity index (χ4n) is 3.23.